The SMILES string of the molecule is CC(=O)OC[C@@H]1O[C@H]2OC3(CCCCC3)O[C@@H]2[C@H]2OC3(CCCCC3)O[C@@H]21. The first-order valence-electron chi connectivity index (χ1n) is 10.6. The van der Waals surface area contributed by atoms with E-state index < -0.39 is 24.0 Å². The van der Waals surface area contributed by atoms with Crippen LogP contribution in [0.2, 0.25) is 0 Å². The van der Waals surface area contributed by atoms with Crippen molar-refractivity contribution in [1.29, 1.82) is 0 Å². The van der Waals surface area contributed by atoms with Crippen molar-refractivity contribution < 1.29 is 33.2 Å². The standard InChI is InChI=1S/C20H30O7/c1-13(21)22-12-14-15-16(25-19(24-15)8-4-2-5-9-19)17-18(23-14)27-20(26-17)10-6-3-7-11-20/h14-18H,2-12H2,1H3/t14-,15+,16-,17+,18-/m0/s1. The lowest BCUT2D eigenvalue weighted by atomic mass is 9.94. The number of ether oxygens (including phenoxy) is 6. The van der Waals surface area contributed by atoms with Gasteiger partial charge in [0.05, 0.1) is 0 Å². The van der Waals surface area contributed by atoms with Gasteiger partial charge >= 0.3 is 5.97 Å². The third kappa shape index (κ3) is 3.31. The highest BCUT2D eigenvalue weighted by molar-refractivity contribution is 5.65. The van der Waals surface area contributed by atoms with Crippen LogP contribution < -0.4 is 0 Å². The molecule has 0 N–H and O–H groups in total. The molecule has 0 amide bonds. The van der Waals surface area contributed by atoms with Crippen LogP contribution in [0, 0.1) is 0 Å². The van der Waals surface area contributed by atoms with E-state index in [1.165, 1.54) is 19.8 Å². The fraction of sp³-hybridized carbons (Fsp3) is 0.950. The van der Waals surface area contributed by atoms with Crippen LogP contribution in [0.25, 0.3) is 0 Å². The second kappa shape index (κ2) is 6.95. The minimum absolute atomic E-state index is 0.148. The van der Waals surface area contributed by atoms with Crippen molar-refractivity contribution in [2.45, 2.75) is 113 Å². The number of fused-ring (bicyclic) bond motifs is 3. The van der Waals surface area contributed by atoms with Crippen LogP contribution in [0.15, 0.2) is 0 Å². The average molecular weight is 382 g/mol. The fourth-order valence-corrected chi connectivity index (χ4v) is 5.37. The molecule has 5 atom stereocenters. The molecule has 5 rings (SSSR count). The Balaban J connectivity index is 1.38. The maximum absolute atomic E-state index is 11.3. The van der Waals surface area contributed by atoms with E-state index >= 15 is 0 Å². The molecule has 0 aromatic carbocycles. The second-order valence-electron chi connectivity index (χ2n) is 8.65. The molecule has 0 aromatic rings. The molecule has 3 heterocycles. The quantitative estimate of drug-likeness (QED) is 0.680. The van der Waals surface area contributed by atoms with Gasteiger partial charge in [0, 0.05) is 32.6 Å². The lowest BCUT2D eigenvalue weighted by molar-refractivity contribution is -0.255. The Bertz CT molecular complexity index is 567. The van der Waals surface area contributed by atoms with Gasteiger partial charge in [0.25, 0.3) is 0 Å². The van der Waals surface area contributed by atoms with E-state index in [0.29, 0.717) is 0 Å². The van der Waals surface area contributed by atoms with Gasteiger partial charge in [-0.25, -0.2) is 0 Å². The molecule has 0 aromatic heterocycles. The smallest absolute Gasteiger partial charge is 0.302 e. The molecule has 0 bridgehead atoms. The molecular weight excluding hydrogens is 352 g/mol. The van der Waals surface area contributed by atoms with Crippen molar-refractivity contribution in [3.63, 3.8) is 0 Å². The van der Waals surface area contributed by atoms with Crippen LogP contribution in [-0.4, -0.2) is 54.9 Å². The van der Waals surface area contributed by atoms with E-state index in [1.807, 2.05) is 0 Å². The molecule has 5 aliphatic rings. The van der Waals surface area contributed by atoms with Crippen molar-refractivity contribution >= 4 is 5.97 Å². The van der Waals surface area contributed by atoms with Gasteiger partial charge < -0.3 is 28.4 Å². The molecule has 2 saturated carbocycles. The highest BCUT2D eigenvalue weighted by Gasteiger charge is 2.64. The maximum Gasteiger partial charge on any atom is 0.302 e. The summed E-state index contributed by atoms with van der Waals surface area (Å²) in [6.45, 7) is 1.56. The van der Waals surface area contributed by atoms with Gasteiger partial charge in [0.15, 0.2) is 17.9 Å². The van der Waals surface area contributed by atoms with Gasteiger partial charge in [-0.2, -0.15) is 0 Å². The number of hydrogen-bond acceptors (Lipinski definition) is 7. The normalized spacial score (nSPS) is 42.0. The minimum atomic E-state index is -0.555. The summed E-state index contributed by atoms with van der Waals surface area (Å²) in [7, 11) is 0. The molecule has 27 heavy (non-hydrogen) atoms. The molecule has 3 saturated heterocycles. The Kier molecular flexibility index (Phi) is 4.71. The molecule has 0 unspecified atom stereocenters. The molecule has 2 aliphatic carbocycles. The molecule has 2 spiro atoms. The first kappa shape index (κ1) is 18.3. The lowest BCUT2D eigenvalue weighted by Gasteiger charge is -2.36. The van der Waals surface area contributed by atoms with Crippen molar-refractivity contribution in [2.24, 2.45) is 0 Å². The third-order valence-electron chi connectivity index (χ3n) is 6.66. The Morgan fingerprint density at radius 3 is 2.00 bits per heavy atom. The zero-order valence-corrected chi connectivity index (χ0v) is 16.0. The first-order valence-corrected chi connectivity index (χ1v) is 10.6. The summed E-state index contributed by atoms with van der Waals surface area (Å²) in [4.78, 5) is 11.3. The summed E-state index contributed by atoms with van der Waals surface area (Å²) < 4.78 is 37.2. The number of carbonyl (C=O) groups is 1. The predicted molar refractivity (Wildman–Crippen MR) is 92.6 cm³/mol. The van der Waals surface area contributed by atoms with Gasteiger partial charge in [-0.1, -0.05) is 12.8 Å². The van der Waals surface area contributed by atoms with E-state index in [4.69, 9.17) is 28.4 Å². The van der Waals surface area contributed by atoms with E-state index in [0.717, 1.165) is 51.4 Å². The van der Waals surface area contributed by atoms with Crippen molar-refractivity contribution in [3.8, 4) is 0 Å². The summed E-state index contributed by atoms with van der Waals surface area (Å²) in [6.07, 6.45) is 8.68. The topological polar surface area (TPSA) is 72.5 Å². The molecule has 5 fully saturated rings. The summed E-state index contributed by atoms with van der Waals surface area (Å²) in [6, 6.07) is 0. The Morgan fingerprint density at radius 2 is 1.37 bits per heavy atom. The Labute approximate surface area is 159 Å². The molecule has 0 radical (unpaired) electrons. The van der Waals surface area contributed by atoms with Crippen LogP contribution in [-0.2, 0) is 33.2 Å². The van der Waals surface area contributed by atoms with E-state index in [9.17, 15) is 4.79 Å². The average Bonchev–Trinajstić information content (AvgIpc) is 3.19. The van der Waals surface area contributed by atoms with E-state index in [2.05, 4.69) is 0 Å². The van der Waals surface area contributed by atoms with Crippen LogP contribution in [0.1, 0.15) is 71.1 Å². The summed E-state index contributed by atoms with van der Waals surface area (Å²) in [5.74, 6) is -1.43. The minimum Gasteiger partial charge on any atom is -0.463 e. The number of hydrogen-bond donors (Lipinski definition) is 0. The van der Waals surface area contributed by atoms with Gasteiger partial charge in [-0.05, 0) is 25.7 Å². The summed E-state index contributed by atoms with van der Waals surface area (Å²) in [5.41, 5.74) is 0. The van der Waals surface area contributed by atoms with Gasteiger partial charge in [-0.3, -0.25) is 4.79 Å². The van der Waals surface area contributed by atoms with Gasteiger partial charge in [-0.15, -0.1) is 0 Å². The van der Waals surface area contributed by atoms with Crippen molar-refractivity contribution in [1.82, 2.24) is 0 Å². The van der Waals surface area contributed by atoms with Crippen molar-refractivity contribution in [3.05, 3.63) is 0 Å². The number of esters is 1. The first-order chi connectivity index (χ1) is 13.1. The predicted octanol–water partition coefficient (Wildman–Crippen LogP) is 2.79. The maximum atomic E-state index is 11.3. The van der Waals surface area contributed by atoms with Gasteiger partial charge in [0.2, 0.25) is 0 Å². The second-order valence-corrected chi connectivity index (χ2v) is 8.65. The van der Waals surface area contributed by atoms with Gasteiger partial charge in [0.1, 0.15) is 31.0 Å². The zero-order chi connectivity index (χ0) is 18.5. The molecular formula is C20H30O7. The lowest BCUT2D eigenvalue weighted by Crippen LogP contribution is -2.56. The fourth-order valence-electron chi connectivity index (χ4n) is 5.37. The summed E-state index contributed by atoms with van der Waals surface area (Å²) >= 11 is 0. The highest BCUT2D eigenvalue weighted by Crippen LogP contribution is 2.50. The third-order valence-corrected chi connectivity index (χ3v) is 6.66. The Hall–Kier alpha value is -0.730. The molecule has 152 valence electrons. The molecule has 7 heteroatoms. The molecule has 7 nitrogen and oxygen atoms in total. The monoisotopic (exact) mass is 382 g/mol. The van der Waals surface area contributed by atoms with E-state index in [-0.39, 0.29) is 30.9 Å². The van der Waals surface area contributed by atoms with Crippen LogP contribution in [0.5, 0.6) is 0 Å². The van der Waals surface area contributed by atoms with E-state index in [1.54, 1.807) is 0 Å². The van der Waals surface area contributed by atoms with Crippen LogP contribution in [0.4, 0.5) is 0 Å². The largest absolute Gasteiger partial charge is 0.463 e. The van der Waals surface area contributed by atoms with Crippen molar-refractivity contribution in [2.75, 3.05) is 6.61 Å². The molecule has 3 aliphatic heterocycles. The summed E-state index contributed by atoms with van der Waals surface area (Å²) in [5, 5.41) is 0. The highest BCUT2D eigenvalue weighted by atomic mass is 16.9. The zero-order valence-electron chi connectivity index (χ0n) is 16.0. The number of carbonyl (C=O) groups excluding carboxylic acids is 1. The van der Waals surface area contributed by atoms with Crippen LogP contribution in [0.3, 0.4) is 0 Å². The number of rotatable bonds is 2. The Morgan fingerprint density at radius 1 is 0.815 bits per heavy atom. The van der Waals surface area contributed by atoms with Crippen LogP contribution >= 0.6 is 0 Å².